The van der Waals surface area contributed by atoms with Crippen LogP contribution in [0.4, 0.5) is 5.82 Å². The van der Waals surface area contributed by atoms with Gasteiger partial charge in [0.05, 0.1) is 24.4 Å². The maximum Gasteiger partial charge on any atom is 0.152 e. The lowest BCUT2D eigenvalue weighted by Gasteiger charge is -2.39. The van der Waals surface area contributed by atoms with Crippen LogP contribution >= 0.6 is 0 Å². The molecule has 2 atom stereocenters. The van der Waals surface area contributed by atoms with Crippen molar-refractivity contribution in [1.29, 1.82) is 0 Å². The Morgan fingerprint density at radius 1 is 1.47 bits per heavy atom. The SMILES string of the molecule is CCC1COC(C)CN1c1nccnc1CN. The van der Waals surface area contributed by atoms with E-state index in [0.29, 0.717) is 12.6 Å². The zero-order chi connectivity index (χ0) is 12.3. The summed E-state index contributed by atoms with van der Waals surface area (Å²) in [4.78, 5) is 11.0. The minimum Gasteiger partial charge on any atom is -0.375 e. The van der Waals surface area contributed by atoms with Crippen LogP contribution in [0.1, 0.15) is 26.0 Å². The topological polar surface area (TPSA) is 64.3 Å². The Kier molecular flexibility index (Phi) is 3.91. The molecule has 1 aromatic rings. The molecule has 1 fully saturated rings. The third-order valence-electron chi connectivity index (χ3n) is 3.16. The predicted octanol–water partition coefficient (Wildman–Crippen LogP) is 0.939. The largest absolute Gasteiger partial charge is 0.375 e. The van der Waals surface area contributed by atoms with Gasteiger partial charge in [0, 0.05) is 25.5 Å². The molecule has 0 saturated carbocycles. The zero-order valence-corrected chi connectivity index (χ0v) is 10.5. The lowest BCUT2D eigenvalue weighted by molar-refractivity contribution is 0.0295. The van der Waals surface area contributed by atoms with Gasteiger partial charge in [-0.2, -0.15) is 0 Å². The Bertz CT molecular complexity index is 371. The van der Waals surface area contributed by atoms with Crippen molar-refractivity contribution >= 4 is 5.82 Å². The first kappa shape index (κ1) is 12.3. The molecule has 0 bridgehead atoms. The molecule has 0 aromatic carbocycles. The molecule has 17 heavy (non-hydrogen) atoms. The Balaban J connectivity index is 2.28. The molecule has 2 rings (SSSR count). The molecule has 0 spiro atoms. The van der Waals surface area contributed by atoms with Gasteiger partial charge in [0.25, 0.3) is 0 Å². The lowest BCUT2D eigenvalue weighted by Crippen LogP contribution is -2.49. The van der Waals surface area contributed by atoms with Gasteiger partial charge in [-0.25, -0.2) is 4.98 Å². The van der Waals surface area contributed by atoms with Gasteiger partial charge >= 0.3 is 0 Å². The first-order valence-corrected chi connectivity index (χ1v) is 6.14. The van der Waals surface area contributed by atoms with Crippen LogP contribution in [0.15, 0.2) is 12.4 Å². The highest BCUT2D eigenvalue weighted by atomic mass is 16.5. The van der Waals surface area contributed by atoms with Crippen molar-refractivity contribution in [3.8, 4) is 0 Å². The highest BCUT2D eigenvalue weighted by Crippen LogP contribution is 2.23. The first-order chi connectivity index (χ1) is 8.26. The summed E-state index contributed by atoms with van der Waals surface area (Å²) < 4.78 is 5.69. The Morgan fingerprint density at radius 2 is 2.24 bits per heavy atom. The van der Waals surface area contributed by atoms with E-state index >= 15 is 0 Å². The van der Waals surface area contributed by atoms with Crippen LogP contribution in [-0.4, -0.2) is 35.3 Å². The molecule has 5 heteroatoms. The van der Waals surface area contributed by atoms with Crippen LogP contribution in [0.2, 0.25) is 0 Å². The summed E-state index contributed by atoms with van der Waals surface area (Å²) in [7, 11) is 0. The Morgan fingerprint density at radius 3 is 2.94 bits per heavy atom. The van der Waals surface area contributed by atoms with Crippen LogP contribution in [-0.2, 0) is 11.3 Å². The average molecular weight is 236 g/mol. The van der Waals surface area contributed by atoms with Crippen LogP contribution in [0, 0.1) is 0 Å². The molecule has 1 aliphatic rings. The number of hydrogen-bond acceptors (Lipinski definition) is 5. The number of aromatic nitrogens is 2. The van der Waals surface area contributed by atoms with Crippen molar-refractivity contribution in [2.24, 2.45) is 5.73 Å². The minimum absolute atomic E-state index is 0.227. The highest BCUT2D eigenvalue weighted by molar-refractivity contribution is 5.44. The average Bonchev–Trinajstić information content (AvgIpc) is 2.38. The second kappa shape index (κ2) is 5.42. The summed E-state index contributed by atoms with van der Waals surface area (Å²) in [5.74, 6) is 0.914. The van der Waals surface area contributed by atoms with Gasteiger partial charge in [-0.3, -0.25) is 4.98 Å². The summed E-state index contributed by atoms with van der Waals surface area (Å²) in [5, 5.41) is 0. The number of rotatable bonds is 3. The van der Waals surface area contributed by atoms with E-state index in [1.807, 2.05) is 0 Å². The smallest absolute Gasteiger partial charge is 0.152 e. The van der Waals surface area contributed by atoms with E-state index in [2.05, 4.69) is 28.7 Å². The van der Waals surface area contributed by atoms with Crippen molar-refractivity contribution < 1.29 is 4.74 Å². The van der Waals surface area contributed by atoms with E-state index in [0.717, 1.165) is 31.1 Å². The van der Waals surface area contributed by atoms with Crippen molar-refractivity contribution in [3.05, 3.63) is 18.1 Å². The van der Waals surface area contributed by atoms with E-state index < -0.39 is 0 Å². The fraction of sp³-hybridized carbons (Fsp3) is 0.667. The molecule has 1 aromatic heterocycles. The molecular formula is C12H20N4O. The maximum atomic E-state index is 5.72. The summed E-state index contributed by atoms with van der Waals surface area (Å²) in [5.41, 5.74) is 6.58. The van der Waals surface area contributed by atoms with Crippen molar-refractivity contribution in [2.45, 2.75) is 39.0 Å². The number of anilines is 1. The number of hydrogen-bond donors (Lipinski definition) is 1. The summed E-state index contributed by atoms with van der Waals surface area (Å²) >= 11 is 0. The summed E-state index contributed by atoms with van der Waals surface area (Å²) in [6.45, 7) is 6.26. The molecular weight excluding hydrogens is 216 g/mol. The van der Waals surface area contributed by atoms with E-state index in [-0.39, 0.29) is 6.10 Å². The fourth-order valence-corrected chi connectivity index (χ4v) is 2.19. The van der Waals surface area contributed by atoms with Crippen LogP contribution in [0.25, 0.3) is 0 Å². The number of nitrogens with zero attached hydrogens (tertiary/aromatic N) is 3. The van der Waals surface area contributed by atoms with Gasteiger partial charge in [0.15, 0.2) is 5.82 Å². The molecule has 0 radical (unpaired) electrons. The Hall–Kier alpha value is -1.20. The van der Waals surface area contributed by atoms with Gasteiger partial charge in [0.1, 0.15) is 0 Å². The van der Waals surface area contributed by atoms with Crippen molar-refractivity contribution in [1.82, 2.24) is 9.97 Å². The molecule has 94 valence electrons. The summed E-state index contributed by atoms with van der Waals surface area (Å²) in [6.07, 6.45) is 4.68. The van der Waals surface area contributed by atoms with E-state index in [1.165, 1.54) is 0 Å². The number of nitrogens with two attached hydrogens (primary N) is 1. The predicted molar refractivity (Wildman–Crippen MR) is 66.8 cm³/mol. The molecule has 0 amide bonds. The molecule has 5 nitrogen and oxygen atoms in total. The fourth-order valence-electron chi connectivity index (χ4n) is 2.19. The van der Waals surface area contributed by atoms with Gasteiger partial charge in [0.2, 0.25) is 0 Å². The lowest BCUT2D eigenvalue weighted by atomic mass is 10.1. The molecule has 0 aliphatic carbocycles. The normalized spacial score (nSPS) is 25.0. The van der Waals surface area contributed by atoms with Crippen molar-refractivity contribution in [3.63, 3.8) is 0 Å². The van der Waals surface area contributed by atoms with E-state index in [9.17, 15) is 0 Å². The standard InChI is InChI=1S/C12H20N4O/c1-3-10-8-17-9(2)7-16(10)12-11(6-13)14-4-5-15-12/h4-5,9-10H,3,6-8,13H2,1-2H3. The number of ether oxygens (including phenoxy) is 1. The van der Waals surface area contributed by atoms with Gasteiger partial charge < -0.3 is 15.4 Å². The molecule has 1 aliphatic heterocycles. The third kappa shape index (κ3) is 2.56. The van der Waals surface area contributed by atoms with Crippen LogP contribution in [0.5, 0.6) is 0 Å². The summed E-state index contributed by atoms with van der Waals surface area (Å²) in [6, 6.07) is 0.369. The molecule has 1 saturated heterocycles. The van der Waals surface area contributed by atoms with Gasteiger partial charge in [-0.15, -0.1) is 0 Å². The van der Waals surface area contributed by atoms with Crippen LogP contribution < -0.4 is 10.6 Å². The second-order valence-electron chi connectivity index (χ2n) is 4.39. The number of morpholine rings is 1. The van der Waals surface area contributed by atoms with Crippen LogP contribution in [0.3, 0.4) is 0 Å². The zero-order valence-electron chi connectivity index (χ0n) is 10.5. The van der Waals surface area contributed by atoms with Gasteiger partial charge in [-0.05, 0) is 13.3 Å². The second-order valence-corrected chi connectivity index (χ2v) is 4.39. The quantitative estimate of drug-likeness (QED) is 0.846. The van der Waals surface area contributed by atoms with E-state index in [1.54, 1.807) is 12.4 Å². The highest BCUT2D eigenvalue weighted by Gasteiger charge is 2.28. The molecule has 2 N–H and O–H groups in total. The van der Waals surface area contributed by atoms with Crippen molar-refractivity contribution in [2.75, 3.05) is 18.1 Å². The maximum absolute atomic E-state index is 5.72. The minimum atomic E-state index is 0.227. The van der Waals surface area contributed by atoms with Gasteiger partial charge in [-0.1, -0.05) is 6.92 Å². The third-order valence-corrected chi connectivity index (χ3v) is 3.16. The molecule has 2 heterocycles. The first-order valence-electron chi connectivity index (χ1n) is 6.14. The molecule has 2 unspecified atom stereocenters. The van der Waals surface area contributed by atoms with E-state index in [4.69, 9.17) is 10.5 Å². The Labute approximate surface area is 102 Å². The monoisotopic (exact) mass is 236 g/mol.